The van der Waals surface area contributed by atoms with E-state index in [0.717, 1.165) is 69.9 Å². The Hall–Kier alpha value is -2.24. The number of ether oxygens (including phenoxy) is 1. The molecule has 30 heavy (non-hydrogen) atoms. The van der Waals surface area contributed by atoms with Crippen LogP contribution in [0.5, 0.6) is 5.75 Å². The number of amides is 2. The van der Waals surface area contributed by atoms with Crippen LogP contribution < -0.4 is 15.4 Å². The third kappa shape index (κ3) is 7.88. The lowest BCUT2D eigenvalue weighted by atomic mass is 10.1. The summed E-state index contributed by atoms with van der Waals surface area (Å²) in [5, 5.41) is 6.25. The first kappa shape index (κ1) is 24.0. The first-order valence-corrected chi connectivity index (χ1v) is 10.7. The van der Waals surface area contributed by atoms with E-state index < -0.39 is 0 Å². The number of benzene rings is 2. The van der Waals surface area contributed by atoms with Gasteiger partial charge in [-0.2, -0.15) is 0 Å². The van der Waals surface area contributed by atoms with Crippen LogP contribution in [0.25, 0.3) is 0 Å². The average Bonchev–Trinajstić information content (AvgIpc) is 2.71. The fourth-order valence-electron chi connectivity index (χ4n) is 3.64. The molecule has 164 valence electrons. The summed E-state index contributed by atoms with van der Waals surface area (Å²) in [6, 6.07) is 14.6. The van der Waals surface area contributed by atoms with E-state index >= 15 is 0 Å². The maximum Gasteiger partial charge on any atom is 0.321 e. The van der Waals surface area contributed by atoms with Gasteiger partial charge in [-0.3, -0.25) is 0 Å². The normalized spacial score (nSPS) is 13.5. The predicted molar refractivity (Wildman–Crippen MR) is 126 cm³/mol. The van der Waals surface area contributed by atoms with Crippen molar-refractivity contribution in [2.75, 3.05) is 38.1 Å². The van der Waals surface area contributed by atoms with Gasteiger partial charge >= 0.3 is 6.03 Å². The molecule has 0 unspecified atom stereocenters. The number of piperazine rings is 1. The number of rotatable bonds is 8. The molecule has 2 aromatic carbocycles. The van der Waals surface area contributed by atoms with Gasteiger partial charge in [-0.15, -0.1) is 12.4 Å². The number of aryl methyl sites for hydroxylation is 3. The molecule has 6 heteroatoms. The van der Waals surface area contributed by atoms with Crippen LogP contribution in [0.3, 0.4) is 0 Å². The fourth-order valence-corrected chi connectivity index (χ4v) is 3.64. The molecule has 2 N–H and O–H groups in total. The van der Waals surface area contributed by atoms with E-state index in [4.69, 9.17) is 4.74 Å². The lowest BCUT2D eigenvalue weighted by Crippen LogP contribution is -2.48. The first-order chi connectivity index (χ1) is 14.1. The summed E-state index contributed by atoms with van der Waals surface area (Å²) in [7, 11) is 0. The van der Waals surface area contributed by atoms with Crippen molar-refractivity contribution in [2.24, 2.45) is 0 Å². The molecule has 0 aliphatic carbocycles. The number of halogens is 1. The topological polar surface area (TPSA) is 53.6 Å². The number of carbonyl (C=O) groups is 1. The van der Waals surface area contributed by atoms with E-state index in [1.165, 1.54) is 16.7 Å². The van der Waals surface area contributed by atoms with Gasteiger partial charge in [0, 0.05) is 31.9 Å². The van der Waals surface area contributed by atoms with Crippen LogP contribution in [-0.4, -0.2) is 43.7 Å². The SMILES string of the molecule is Cc1cc(C)cc(OCCCCCc2ccc(NC(=O)N3CCNCC3)cc2)c1.Cl. The highest BCUT2D eigenvalue weighted by Gasteiger charge is 2.15. The van der Waals surface area contributed by atoms with Crippen LogP contribution in [0.4, 0.5) is 10.5 Å². The molecule has 0 saturated carbocycles. The van der Waals surface area contributed by atoms with E-state index in [-0.39, 0.29) is 18.4 Å². The number of urea groups is 1. The highest BCUT2D eigenvalue weighted by atomic mass is 35.5. The summed E-state index contributed by atoms with van der Waals surface area (Å²) in [5.41, 5.74) is 4.65. The van der Waals surface area contributed by atoms with Gasteiger partial charge in [-0.25, -0.2) is 4.79 Å². The Morgan fingerprint density at radius 3 is 2.33 bits per heavy atom. The predicted octanol–water partition coefficient (Wildman–Crippen LogP) is 4.95. The Morgan fingerprint density at radius 1 is 1.00 bits per heavy atom. The largest absolute Gasteiger partial charge is 0.494 e. The van der Waals surface area contributed by atoms with E-state index in [2.05, 4.69) is 54.8 Å². The zero-order valence-corrected chi connectivity index (χ0v) is 18.9. The van der Waals surface area contributed by atoms with Gasteiger partial charge in [0.15, 0.2) is 0 Å². The quantitative estimate of drug-likeness (QED) is 0.581. The van der Waals surface area contributed by atoms with Gasteiger partial charge in [-0.1, -0.05) is 18.2 Å². The number of hydrogen-bond donors (Lipinski definition) is 2. The number of anilines is 1. The van der Waals surface area contributed by atoms with Crippen LogP contribution in [0.2, 0.25) is 0 Å². The second-order valence-electron chi connectivity index (χ2n) is 7.85. The molecule has 0 spiro atoms. The zero-order valence-electron chi connectivity index (χ0n) is 18.1. The molecular weight excluding hydrogens is 398 g/mol. The number of unbranched alkanes of at least 4 members (excludes halogenated alkanes) is 2. The number of hydrogen-bond acceptors (Lipinski definition) is 3. The summed E-state index contributed by atoms with van der Waals surface area (Å²) in [6.45, 7) is 8.21. The smallest absolute Gasteiger partial charge is 0.321 e. The monoisotopic (exact) mass is 431 g/mol. The summed E-state index contributed by atoms with van der Waals surface area (Å²) in [5.74, 6) is 0.973. The standard InChI is InChI=1S/C24H33N3O2.ClH/c1-19-16-20(2)18-23(17-19)29-15-5-3-4-6-21-7-9-22(10-8-21)26-24(28)27-13-11-25-12-14-27;/h7-10,16-18,25H,3-6,11-15H2,1-2H3,(H,26,28);1H. The molecule has 0 radical (unpaired) electrons. The molecule has 1 heterocycles. The fraction of sp³-hybridized carbons (Fsp3) is 0.458. The van der Waals surface area contributed by atoms with Crippen molar-refractivity contribution < 1.29 is 9.53 Å². The van der Waals surface area contributed by atoms with Gasteiger partial charge in [0.25, 0.3) is 0 Å². The van der Waals surface area contributed by atoms with Crippen LogP contribution in [0.1, 0.15) is 36.0 Å². The first-order valence-electron chi connectivity index (χ1n) is 10.7. The van der Waals surface area contributed by atoms with Crippen molar-refractivity contribution in [1.82, 2.24) is 10.2 Å². The third-order valence-corrected chi connectivity index (χ3v) is 5.18. The van der Waals surface area contributed by atoms with E-state index in [1.54, 1.807) is 0 Å². The van der Waals surface area contributed by atoms with Crippen molar-refractivity contribution in [2.45, 2.75) is 39.5 Å². The Balaban J connectivity index is 0.00000320. The van der Waals surface area contributed by atoms with Crippen LogP contribution in [-0.2, 0) is 6.42 Å². The molecule has 0 bridgehead atoms. The minimum atomic E-state index is -0.0111. The average molecular weight is 432 g/mol. The Morgan fingerprint density at radius 2 is 1.67 bits per heavy atom. The van der Waals surface area contributed by atoms with Gasteiger partial charge in [0.2, 0.25) is 0 Å². The highest BCUT2D eigenvalue weighted by Crippen LogP contribution is 2.17. The molecule has 0 atom stereocenters. The van der Waals surface area contributed by atoms with Crippen molar-refractivity contribution in [1.29, 1.82) is 0 Å². The molecule has 5 nitrogen and oxygen atoms in total. The molecule has 1 aliphatic rings. The summed E-state index contributed by atoms with van der Waals surface area (Å²) >= 11 is 0. The van der Waals surface area contributed by atoms with Crippen molar-refractivity contribution in [3.8, 4) is 5.75 Å². The molecule has 2 aromatic rings. The molecule has 1 fully saturated rings. The minimum Gasteiger partial charge on any atom is -0.494 e. The highest BCUT2D eigenvalue weighted by molar-refractivity contribution is 5.89. The maximum atomic E-state index is 12.2. The van der Waals surface area contributed by atoms with Crippen molar-refractivity contribution in [3.63, 3.8) is 0 Å². The molecule has 1 saturated heterocycles. The number of nitrogens with zero attached hydrogens (tertiary/aromatic N) is 1. The minimum absolute atomic E-state index is 0. The Bertz CT molecular complexity index is 769. The van der Waals surface area contributed by atoms with Crippen LogP contribution in [0.15, 0.2) is 42.5 Å². The number of carbonyl (C=O) groups excluding carboxylic acids is 1. The molecule has 1 aliphatic heterocycles. The van der Waals surface area contributed by atoms with E-state index in [0.29, 0.717) is 0 Å². The summed E-state index contributed by atoms with van der Waals surface area (Å²) in [4.78, 5) is 14.1. The lowest BCUT2D eigenvalue weighted by molar-refractivity contribution is 0.204. The van der Waals surface area contributed by atoms with Crippen molar-refractivity contribution >= 4 is 24.1 Å². The molecule has 0 aromatic heterocycles. The van der Waals surface area contributed by atoms with Gasteiger partial charge < -0.3 is 20.3 Å². The zero-order chi connectivity index (χ0) is 20.5. The van der Waals surface area contributed by atoms with E-state index in [9.17, 15) is 4.79 Å². The maximum absolute atomic E-state index is 12.2. The Kier molecular flexibility index (Phi) is 9.98. The summed E-state index contributed by atoms with van der Waals surface area (Å²) < 4.78 is 5.87. The molecule has 2 amide bonds. The van der Waals surface area contributed by atoms with Gasteiger partial charge in [-0.05, 0) is 80.5 Å². The lowest BCUT2D eigenvalue weighted by Gasteiger charge is -2.27. The van der Waals surface area contributed by atoms with Crippen LogP contribution >= 0.6 is 12.4 Å². The van der Waals surface area contributed by atoms with Crippen molar-refractivity contribution in [3.05, 3.63) is 59.2 Å². The van der Waals surface area contributed by atoms with Gasteiger partial charge in [0.1, 0.15) is 5.75 Å². The second-order valence-corrected chi connectivity index (χ2v) is 7.85. The van der Waals surface area contributed by atoms with E-state index in [1.807, 2.05) is 17.0 Å². The molecule has 3 rings (SSSR count). The third-order valence-electron chi connectivity index (χ3n) is 5.18. The second kappa shape index (κ2) is 12.5. The summed E-state index contributed by atoms with van der Waals surface area (Å²) in [6.07, 6.45) is 4.40. The van der Waals surface area contributed by atoms with Gasteiger partial charge in [0.05, 0.1) is 6.61 Å². The number of nitrogens with one attached hydrogen (secondary N) is 2. The van der Waals surface area contributed by atoms with Crippen LogP contribution in [0, 0.1) is 13.8 Å². The Labute approximate surface area is 186 Å². The molecular formula is C24H34ClN3O2.